The summed E-state index contributed by atoms with van der Waals surface area (Å²) in [5, 5.41) is 9.16. The third kappa shape index (κ3) is 3.66. The van der Waals surface area contributed by atoms with E-state index in [-0.39, 0.29) is 0 Å². The SMILES string of the molecule is Cc1cnc(/C=C/C=C/C(=O)O)s1. The molecule has 1 rings (SSSR count). The molecule has 0 aliphatic carbocycles. The van der Waals surface area contributed by atoms with Gasteiger partial charge in [0.25, 0.3) is 0 Å². The van der Waals surface area contributed by atoms with Crippen LogP contribution in [0.5, 0.6) is 0 Å². The van der Waals surface area contributed by atoms with Gasteiger partial charge in [0.2, 0.25) is 0 Å². The van der Waals surface area contributed by atoms with E-state index in [1.165, 1.54) is 6.08 Å². The van der Waals surface area contributed by atoms with Crippen LogP contribution in [-0.4, -0.2) is 16.1 Å². The molecule has 0 unspecified atom stereocenters. The molecule has 4 heteroatoms. The normalized spacial score (nSPS) is 11.5. The maximum atomic E-state index is 10.1. The molecule has 0 radical (unpaired) electrons. The molecule has 1 aromatic rings. The van der Waals surface area contributed by atoms with Crippen LogP contribution >= 0.6 is 11.3 Å². The average Bonchev–Trinajstić information content (AvgIpc) is 2.45. The number of allylic oxidation sites excluding steroid dienone is 2. The minimum Gasteiger partial charge on any atom is -0.478 e. The molecule has 0 fully saturated rings. The summed E-state index contributed by atoms with van der Waals surface area (Å²) in [4.78, 5) is 15.3. The second kappa shape index (κ2) is 4.57. The predicted molar refractivity (Wildman–Crippen MR) is 52.7 cm³/mol. The maximum Gasteiger partial charge on any atom is 0.328 e. The summed E-state index contributed by atoms with van der Waals surface area (Å²) in [5.74, 6) is -0.944. The summed E-state index contributed by atoms with van der Waals surface area (Å²) in [7, 11) is 0. The summed E-state index contributed by atoms with van der Waals surface area (Å²) in [6, 6.07) is 0. The van der Waals surface area contributed by atoms with Gasteiger partial charge in [0.05, 0.1) is 0 Å². The molecule has 1 aromatic heterocycles. The molecule has 1 N–H and O–H groups in total. The fourth-order valence-corrected chi connectivity index (χ4v) is 1.41. The van der Waals surface area contributed by atoms with Crippen molar-refractivity contribution < 1.29 is 9.90 Å². The minimum absolute atomic E-state index is 0.882. The van der Waals surface area contributed by atoms with Gasteiger partial charge in [-0.1, -0.05) is 12.2 Å². The molecule has 0 atom stereocenters. The molecule has 0 spiro atoms. The van der Waals surface area contributed by atoms with Gasteiger partial charge in [-0.2, -0.15) is 0 Å². The van der Waals surface area contributed by atoms with Crippen molar-refractivity contribution in [1.82, 2.24) is 4.98 Å². The smallest absolute Gasteiger partial charge is 0.328 e. The molecule has 0 bridgehead atoms. The van der Waals surface area contributed by atoms with Gasteiger partial charge < -0.3 is 5.11 Å². The third-order valence-corrected chi connectivity index (χ3v) is 2.11. The van der Waals surface area contributed by atoms with Crippen LogP contribution in [0.15, 0.2) is 24.4 Å². The molecule has 68 valence electrons. The van der Waals surface area contributed by atoms with Gasteiger partial charge in [0.15, 0.2) is 0 Å². The van der Waals surface area contributed by atoms with Crippen LogP contribution in [0.1, 0.15) is 9.88 Å². The van der Waals surface area contributed by atoms with E-state index in [1.54, 1.807) is 29.7 Å². The molecular formula is C9H9NO2S. The maximum absolute atomic E-state index is 10.1. The molecule has 3 nitrogen and oxygen atoms in total. The number of hydrogen-bond acceptors (Lipinski definition) is 3. The van der Waals surface area contributed by atoms with Crippen molar-refractivity contribution >= 4 is 23.4 Å². The summed E-state index contributed by atoms with van der Waals surface area (Å²) in [6.45, 7) is 1.97. The number of carboxylic acid groups (broad SMARTS) is 1. The topological polar surface area (TPSA) is 50.2 Å². The Bertz CT molecular complexity index is 352. The van der Waals surface area contributed by atoms with E-state index < -0.39 is 5.97 Å². The van der Waals surface area contributed by atoms with E-state index in [4.69, 9.17) is 5.11 Å². The standard InChI is InChI=1S/C9H9NO2S/c1-7-6-10-8(13-7)4-2-3-5-9(11)12/h2-6H,1H3,(H,11,12)/b4-2+,5-3+. The molecule has 13 heavy (non-hydrogen) atoms. The van der Waals surface area contributed by atoms with Gasteiger partial charge in [-0.25, -0.2) is 9.78 Å². The second-order valence-electron chi connectivity index (χ2n) is 2.37. The number of aliphatic carboxylic acids is 1. The summed E-state index contributed by atoms with van der Waals surface area (Å²) in [6.07, 6.45) is 7.77. The van der Waals surface area contributed by atoms with Crippen LogP contribution in [0.4, 0.5) is 0 Å². The minimum atomic E-state index is -0.944. The van der Waals surface area contributed by atoms with E-state index in [2.05, 4.69) is 4.98 Å². The number of nitrogens with zero attached hydrogens (tertiary/aromatic N) is 1. The summed E-state index contributed by atoms with van der Waals surface area (Å²) >= 11 is 1.57. The third-order valence-electron chi connectivity index (χ3n) is 1.23. The quantitative estimate of drug-likeness (QED) is 0.593. The van der Waals surface area contributed by atoms with Crippen LogP contribution in [0, 0.1) is 6.92 Å². The van der Waals surface area contributed by atoms with Crippen molar-refractivity contribution in [2.75, 3.05) is 0 Å². The Kier molecular flexibility index (Phi) is 3.40. The lowest BCUT2D eigenvalue weighted by atomic mass is 10.4. The van der Waals surface area contributed by atoms with E-state index in [0.717, 1.165) is 16.0 Å². The molecule has 1 heterocycles. The van der Waals surface area contributed by atoms with Gasteiger partial charge in [-0.05, 0) is 13.0 Å². The highest BCUT2D eigenvalue weighted by atomic mass is 32.1. The molecule has 0 aliphatic heterocycles. The Balaban J connectivity index is 2.54. The van der Waals surface area contributed by atoms with Gasteiger partial charge in [-0.3, -0.25) is 0 Å². The zero-order chi connectivity index (χ0) is 9.68. The highest BCUT2D eigenvalue weighted by Gasteiger charge is 1.90. The van der Waals surface area contributed by atoms with E-state index in [1.807, 2.05) is 6.92 Å². The summed E-state index contributed by atoms with van der Waals surface area (Å²) < 4.78 is 0. The second-order valence-corrected chi connectivity index (χ2v) is 3.63. The monoisotopic (exact) mass is 195 g/mol. The Labute approximate surface area is 80.1 Å². The lowest BCUT2D eigenvalue weighted by molar-refractivity contribution is -0.131. The number of rotatable bonds is 3. The van der Waals surface area contributed by atoms with Crippen LogP contribution in [0.2, 0.25) is 0 Å². The van der Waals surface area contributed by atoms with Gasteiger partial charge in [0.1, 0.15) is 5.01 Å². The first-order chi connectivity index (χ1) is 6.18. The van der Waals surface area contributed by atoms with Crippen LogP contribution < -0.4 is 0 Å². The van der Waals surface area contributed by atoms with Crippen molar-refractivity contribution in [3.8, 4) is 0 Å². The van der Waals surface area contributed by atoms with Gasteiger partial charge in [-0.15, -0.1) is 11.3 Å². The summed E-state index contributed by atoms with van der Waals surface area (Å²) in [5.41, 5.74) is 0. The number of aryl methyl sites for hydroxylation is 1. The highest BCUT2D eigenvalue weighted by Crippen LogP contribution is 2.12. The Morgan fingerprint density at radius 1 is 1.62 bits per heavy atom. The van der Waals surface area contributed by atoms with E-state index >= 15 is 0 Å². The van der Waals surface area contributed by atoms with Gasteiger partial charge in [0, 0.05) is 17.2 Å². The van der Waals surface area contributed by atoms with Crippen molar-refractivity contribution in [3.63, 3.8) is 0 Å². The molecular weight excluding hydrogens is 186 g/mol. The van der Waals surface area contributed by atoms with Crippen molar-refractivity contribution in [2.24, 2.45) is 0 Å². The number of hydrogen-bond donors (Lipinski definition) is 1. The number of carbonyl (C=O) groups is 1. The molecule has 0 saturated heterocycles. The fraction of sp³-hybridized carbons (Fsp3) is 0.111. The highest BCUT2D eigenvalue weighted by molar-refractivity contribution is 7.12. The lowest BCUT2D eigenvalue weighted by Gasteiger charge is -1.78. The Morgan fingerprint density at radius 2 is 2.38 bits per heavy atom. The first kappa shape index (κ1) is 9.67. The predicted octanol–water partition coefficient (Wildman–Crippen LogP) is 2.11. The van der Waals surface area contributed by atoms with Crippen LogP contribution in [0.25, 0.3) is 6.08 Å². The molecule has 0 aromatic carbocycles. The first-order valence-electron chi connectivity index (χ1n) is 3.68. The first-order valence-corrected chi connectivity index (χ1v) is 4.50. The molecule has 0 amide bonds. The zero-order valence-corrected chi connectivity index (χ0v) is 7.91. The zero-order valence-electron chi connectivity index (χ0n) is 7.10. The lowest BCUT2D eigenvalue weighted by Crippen LogP contribution is -1.84. The van der Waals surface area contributed by atoms with Crippen LogP contribution in [-0.2, 0) is 4.79 Å². The van der Waals surface area contributed by atoms with Crippen molar-refractivity contribution in [2.45, 2.75) is 6.92 Å². The Morgan fingerprint density at radius 3 is 2.92 bits per heavy atom. The van der Waals surface area contributed by atoms with Crippen molar-refractivity contribution in [1.29, 1.82) is 0 Å². The average molecular weight is 195 g/mol. The van der Waals surface area contributed by atoms with Crippen molar-refractivity contribution in [3.05, 3.63) is 34.3 Å². The molecule has 0 saturated carbocycles. The number of carboxylic acids is 1. The van der Waals surface area contributed by atoms with E-state index in [0.29, 0.717) is 0 Å². The molecule has 0 aliphatic rings. The number of thiazole rings is 1. The van der Waals surface area contributed by atoms with Gasteiger partial charge >= 0.3 is 5.97 Å². The largest absolute Gasteiger partial charge is 0.478 e. The number of aromatic nitrogens is 1. The van der Waals surface area contributed by atoms with Crippen LogP contribution in [0.3, 0.4) is 0 Å². The van der Waals surface area contributed by atoms with E-state index in [9.17, 15) is 4.79 Å². The Hall–Kier alpha value is -1.42. The fourth-order valence-electron chi connectivity index (χ4n) is 0.725.